The molecule has 220 valence electrons. The molecule has 0 radical (unpaired) electrons. The number of rotatable bonds is 14. The van der Waals surface area contributed by atoms with Gasteiger partial charge in [0.2, 0.25) is 17.7 Å². The van der Waals surface area contributed by atoms with Gasteiger partial charge in [0.25, 0.3) is 0 Å². The lowest BCUT2D eigenvalue weighted by atomic mass is 9.82. The number of primary amides is 1. The van der Waals surface area contributed by atoms with Crippen LogP contribution in [0.1, 0.15) is 67.6 Å². The maximum Gasteiger partial charge on any atom is 0.243 e. The molecule has 3 atom stereocenters. The van der Waals surface area contributed by atoms with E-state index in [0.717, 1.165) is 43.2 Å². The van der Waals surface area contributed by atoms with Crippen molar-refractivity contribution in [2.45, 2.75) is 69.4 Å². The van der Waals surface area contributed by atoms with E-state index in [-0.39, 0.29) is 30.0 Å². The van der Waals surface area contributed by atoms with Crippen LogP contribution in [-0.4, -0.2) is 48.1 Å². The summed E-state index contributed by atoms with van der Waals surface area (Å²) in [6, 6.07) is 14.9. The number of hydrogen-bond acceptors (Lipinski definition) is 5. The molecule has 0 aliphatic heterocycles. The Morgan fingerprint density at radius 3 is 2.10 bits per heavy atom. The Hall–Kier alpha value is -4.41. The Balaban J connectivity index is 1.80. The maximum absolute atomic E-state index is 13.9. The molecule has 0 spiro atoms. The van der Waals surface area contributed by atoms with Crippen LogP contribution in [0.4, 0.5) is 0 Å². The molecule has 11 N–H and O–H groups in total. The SMILES string of the molecule is N=C(N)NCCC[C@H](NC(=O)[C@@H](NC(=O)[C@@H](Cc1ccc(C(=N)N)cc1)c1ccccc1)C1CCCCC1)C(N)=O. The number of carbonyl (C=O) groups excluding carboxylic acids is 3. The summed E-state index contributed by atoms with van der Waals surface area (Å²) in [7, 11) is 0. The zero-order valence-electron chi connectivity index (χ0n) is 23.3. The van der Waals surface area contributed by atoms with Crippen LogP contribution in [0.25, 0.3) is 0 Å². The fourth-order valence-electron chi connectivity index (χ4n) is 5.30. The normalized spacial score (nSPS) is 15.6. The fourth-order valence-corrected chi connectivity index (χ4v) is 5.30. The maximum atomic E-state index is 13.9. The van der Waals surface area contributed by atoms with Crippen molar-refractivity contribution in [1.29, 1.82) is 10.8 Å². The molecule has 3 amide bonds. The van der Waals surface area contributed by atoms with Gasteiger partial charge < -0.3 is 33.2 Å². The molecule has 0 bridgehead atoms. The van der Waals surface area contributed by atoms with Crippen molar-refractivity contribution in [3.05, 3.63) is 71.3 Å². The van der Waals surface area contributed by atoms with Crippen LogP contribution in [0.2, 0.25) is 0 Å². The predicted octanol–water partition coefficient (Wildman–Crippen LogP) is 1.60. The van der Waals surface area contributed by atoms with Gasteiger partial charge >= 0.3 is 0 Å². The molecule has 1 aliphatic carbocycles. The van der Waals surface area contributed by atoms with Crippen LogP contribution in [0.3, 0.4) is 0 Å². The molecular formula is C30H42N8O3. The molecule has 41 heavy (non-hydrogen) atoms. The van der Waals surface area contributed by atoms with E-state index >= 15 is 0 Å². The molecule has 2 aromatic carbocycles. The van der Waals surface area contributed by atoms with Gasteiger partial charge in [0.15, 0.2) is 5.96 Å². The molecule has 0 aromatic heterocycles. The summed E-state index contributed by atoms with van der Waals surface area (Å²) in [6.45, 7) is 0.365. The van der Waals surface area contributed by atoms with Crippen LogP contribution in [0.15, 0.2) is 54.6 Å². The van der Waals surface area contributed by atoms with Crippen LogP contribution >= 0.6 is 0 Å². The Kier molecular flexibility index (Phi) is 11.7. The van der Waals surface area contributed by atoms with Gasteiger partial charge in [-0.25, -0.2) is 0 Å². The van der Waals surface area contributed by atoms with Crippen LogP contribution in [0, 0.1) is 16.7 Å². The van der Waals surface area contributed by atoms with Crippen molar-refractivity contribution in [2.24, 2.45) is 23.1 Å². The Morgan fingerprint density at radius 1 is 0.854 bits per heavy atom. The van der Waals surface area contributed by atoms with E-state index in [9.17, 15) is 14.4 Å². The van der Waals surface area contributed by atoms with Gasteiger partial charge in [-0.3, -0.25) is 25.2 Å². The zero-order chi connectivity index (χ0) is 29.8. The quantitative estimate of drug-likeness (QED) is 0.0971. The predicted molar refractivity (Wildman–Crippen MR) is 159 cm³/mol. The van der Waals surface area contributed by atoms with Crippen molar-refractivity contribution in [1.82, 2.24) is 16.0 Å². The zero-order valence-corrected chi connectivity index (χ0v) is 23.3. The number of nitrogens with two attached hydrogens (primary N) is 3. The third-order valence-electron chi connectivity index (χ3n) is 7.57. The molecule has 11 nitrogen and oxygen atoms in total. The first-order valence-corrected chi connectivity index (χ1v) is 14.1. The summed E-state index contributed by atoms with van der Waals surface area (Å²) in [4.78, 5) is 39.7. The molecule has 11 heteroatoms. The van der Waals surface area contributed by atoms with Gasteiger partial charge in [-0.05, 0) is 49.1 Å². The summed E-state index contributed by atoms with van der Waals surface area (Å²) in [5.41, 5.74) is 18.8. The molecule has 0 saturated heterocycles. The van der Waals surface area contributed by atoms with Crippen LogP contribution < -0.4 is 33.2 Å². The summed E-state index contributed by atoms with van der Waals surface area (Å²) in [5.74, 6) is -2.20. The third-order valence-corrected chi connectivity index (χ3v) is 7.57. The van der Waals surface area contributed by atoms with Gasteiger partial charge in [-0.1, -0.05) is 73.9 Å². The number of guanidine groups is 1. The minimum absolute atomic E-state index is 0.0281. The van der Waals surface area contributed by atoms with Gasteiger partial charge in [0, 0.05) is 12.1 Å². The fraction of sp³-hybridized carbons (Fsp3) is 0.433. The van der Waals surface area contributed by atoms with Gasteiger partial charge in [0.05, 0.1) is 5.92 Å². The molecule has 1 aliphatic rings. The number of amidine groups is 1. The lowest BCUT2D eigenvalue weighted by molar-refractivity contribution is -0.133. The van der Waals surface area contributed by atoms with Crippen molar-refractivity contribution in [3.8, 4) is 0 Å². The van der Waals surface area contributed by atoms with Crippen LogP contribution in [0.5, 0.6) is 0 Å². The van der Waals surface area contributed by atoms with E-state index in [1.54, 1.807) is 12.1 Å². The summed E-state index contributed by atoms with van der Waals surface area (Å²) >= 11 is 0. The Morgan fingerprint density at radius 2 is 1.51 bits per heavy atom. The van der Waals surface area contributed by atoms with Crippen molar-refractivity contribution < 1.29 is 14.4 Å². The van der Waals surface area contributed by atoms with E-state index in [2.05, 4.69) is 16.0 Å². The van der Waals surface area contributed by atoms with Crippen molar-refractivity contribution in [2.75, 3.05) is 6.54 Å². The van der Waals surface area contributed by atoms with E-state index in [1.807, 2.05) is 42.5 Å². The number of amides is 3. The first-order chi connectivity index (χ1) is 19.7. The highest BCUT2D eigenvalue weighted by Crippen LogP contribution is 2.28. The number of carbonyl (C=O) groups is 3. The highest BCUT2D eigenvalue weighted by atomic mass is 16.2. The second-order valence-corrected chi connectivity index (χ2v) is 10.6. The Bertz CT molecular complexity index is 1200. The van der Waals surface area contributed by atoms with Gasteiger partial charge in [-0.2, -0.15) is 0 Å². The van der Waals surface area contributed by atoms with E-state index in [0.29, 0.717) is 24.9 Å². The molecule has 2 aromatic rings. The number of hydrogen-bond donors (Lipinski definition) is 8. The first kappa shape index (κ1) is 31.1. The lowest BCUT2D eigenvalue weighted by Gasteiger charge is -2.32. The summed E-state index contributed by atoms with van der Waals surface area (Å²) in [5, 5.41) is 23.4. The third kappa shape index (κ3) is 9.63. The average Bonchev–Trinajstić information content (AvgIpc) is 2.96. The molecular weight excluding hydrogens is 520 g/mol. The second-order valence-electron chi connectivity index (χ2n) is 10.6. The molecule has 0 heterocycles. The van der Waals surface area contributed by atoms with Crippen molar-refractivity contribution in [3.63, 3.8) is 0 Å². The van der Waals surface area contributed by atoms with Crippen LogP contribution in [-0.2, 0) is 20.8 Å². The average molecular weight is 563 g/mol. The number of nitrogens with one attached hydrogen (secondary N) is 5. The van der Waals surface area contributed by atoms with Crippen molar-refractivity contribution >= 4 is 29.5 Å². The smallest absolute Gasteiger partial charge is 0.243 e. The minimum atomic E-state index is -0.913. The Labute approximate surface area is 241 Å². The highest BCUT2D eigenvalue weighted by molar-refractivity contribution is 5.95. The highest BCUT2D eigenvalue weighted by Gasteiger charge is 2.35. The van der Waals surface area contributed by atoms with E-state index < -0.39 is 29.8 Å². The topological polar surface area (TPSA) is 213 Å². The molecule has 0 unspecified atom stereocenters. The minimum Gasteiger partial charge on any atom is -0.384 e. The largest absolute Gasteiger partial charge is 0.384 e. The van der Waals surface area contributed by atoms with Gasteiger partial charge in [-0.15, -0.1) is 0 Å². The monoisotopic (exact) mass is 562 g/mol. The summed E-state index contributed by atoms with van der Waals surface area (Å²) < 4.78 is 0. The molecule has 1 saturated carbocycles. The number of benzene rings is 2. The molecule has 1 fully saturated rings. The first-order valence-electron chi connectivity index (χ1n) is 14.1. The summed E-state index contributed by atoms with van der Waals surface area (Å²) in [6.07, 6.45) is 5.72. The van der Waals surface area contributed by atoms with E-state index in [4.69, 9.17) is 28.0 Å². The lowest BCUT2D eigenvalue weighted by Crippen LogP contribution is -2.56. The second kappa shape index (κ2) is 15.4. The van der Waals surface area contributed by atoms with Gasteiger partial charge in [0.1, 0.15) is 17.9 Å². The molecule has 3 rings (SSSR count). The van der Waals surface area contributed by atoms with E-state index in [1.165, 1.54) is 0 Å². The standard InChI is InChI=1S/C30H42N8O3/c31-26(32)22-15-13-19(14-16-22)18-23(20-8-3-1-4-9-20)28(40)38-25(21-10-5-2-6-11-21)29(41)37-24(27(33)39)12-7-17-36-30(34)35/h1,3-4,8-9,13-16,21,23-25H,2,5-7,10-12,17-18H2,(H3,31,32)(H2,33,39)(H,37,41)(H,38,40)(H4,34,35,36)/t23-,24-,25-/m0/s1. The number of nitrogen functional groups attached to an aromatic ring is 1.